The first-order chi connectivity index (χ1) is 25.0. The molecule has 0 N–H and O–H groups in total. The van der Waals surface area contributed by atoms with Gasteiger partial charge in [0.25, 0.3) is 0 Å². The number of likely N-dealkylation sites (tertiary alicyclic amines) is 2. The summed E-state index contributed by atoms with van der Waals surface area (Å²) in [5, 5.41) is 2.16. The van der Waals surface area contributed by atoms with Gasteiger partial charge < -0.3 is 0 Å². The van der Waals surface area contributed by atoms with E-state index in [-0.39, 0.29) is 0 Å². The average Bonchev–Trinajstić information content (AvgIpc) is 3.70. The maximum atomic E-state index is 4.84. The van der Waals surface area contributed by atoms with Crippen molar-refractivity contribution < 1.29 is 0 Å². The molecule has 272 valence electrons. The van der Waals surface area contributed by atoms with E-state index in [0.717, 1.165) is 81.7 Å². The highest BCUT2D eigenvalue weighted by Crippen LogP contribution is 2.34. The standard InChI is InChI=1S/2C21H26N4S/c2*1-13-10-18(11-14(2)22-13)17-6-5-9-25(12-17)15(3)19-7-8-20-21(24-19)23-16(4)26-20/h2*7-8,10-11,15,17H,5-6,9,12H2,1-4H3/t15-,17+;15-,17-/m10/s1. The molecule has 4 atom stereocenters. The van der Waals surface area contributed by atoms with Crippen molar-refractivity contribution in [2.45, 2.75) is 105 Å². The molecule has 2 fully saturated rings. The van der Waals surface area contributed by atoms with E-state index in [1.165, 1.54) is 46.2 Å². The lowest BCUT2D eigenvalue weighted by Crippen LogP contribution is -2.36. The van der Waals surface area contributed by atoms with Crippen LogP contribution in [0.1, 0.15) is 119 Å². The van der Waals surface area contributed by atoms with E-state index < -0.39 is 0 Å². The number of piperidine rings is 2. The number of nitrogens with zero attached hydrogens (tertiary/aromatic N) is 8. The molecule has 0 unspecified atom stereocenters. The fourth-order valence-corrected chi connectivity index (χ4v) is 9.73. The number of pyridine rings is 4. The van der Waals surface area contributed by atoms with Crippen LogP contribution in [0.2, 0.25) is 0 Å². The van der Waals surface area contributed by atoms with Crippen molar-refractivity contribution in [1.29, 1.82) is 0 Å². The van der Waals surface area contributed by atoms with Crippen LogP contribution in [0.5, 0.6) is 0 Å². The molecule has 0 amide bonds. The summed E-state index contributed by atoms with van der Waals surface area (Å²) < 4.78 is 2.36. The Kier molecular flexibility index (Phi) is 11.1. The van der Waals surface area contributed by atoms with Gasteiger partial charge in [0.2, 0.25) is 0 Å². The second kappa shape index (κ2) is 15.7. The van der Waals surface area contributed by atoms with E-state index in [1.807, 2.05) is 13.8 Å². The molecule has 0 aliphatic carbocycles. The Morgan fingerprint density at radius 1 is 0.538 bits per heavy atom. The lowest BCUT2D eigenvalue weighted by molar-refractivity contribution is 0.156. The van der Waals surface area contributed by atoms with Crippen LogP contribution in [-0.4, -0.2) is 65.9 Å². The zero-order valence-corrected chi connectivity index (χ0v) is 33.6. The van der Waals surface area contributed by atoms with Crippen LogP contribution in [0.4, 0.5) is 0 Å². The minimum Gasteiger partial charge on any atom is -0.294 e. The normalized spacial score (nSPS) is 19.8. The quantitative estimate of drug-likeness (QED) is 0.167. The van der Waals surface area contributed by atoms with Gasteiger partial charge in [-0.3, -0.25) is 19.8 Å². The third kappa shape index (κ3) is 8.41. The Morgan fingerprint density at radius 3 is 1.31 bits per heavy atom. The topological polar surface area (TPSA) is 83.8 Å². The number of aromatic nitrogens is 6. The lowest BCUT2D eigenvalue weighted by Gasteiger charge is -2.37. The van der Waals surface area contributed by atoms with Crippen LogP contribution < -0.4 is 0 Å². The van der Waals surface area contributed by atoms with Gasteiger partial charge in [-0.15, -0.1) is 22.7 Å². The Morgan fingerprint density at radius 2 is 0.923 bits per heavy atom. The van der Waals surface area contributed by atoms with Gasteiger partial charge in [-0.25, -0.2) is 19.9 Å². The predicted octanol–water partition coefficient (Wildman–Crippen LogP) is 9.90. The zero-order chi connectivity index (χ0) is 36.5. The van der Waals surface area contributed by atoms with Gasteiger partial charge in [-0.2, -0.15) is 0 Å². The number of fused-ring (bicyclic) bond motifs is 2. The summed E-state index contributed by atoms with van der Waals surface area (Å²) in [4.78, 5) is 33.0. The zero-order valence-electron chi connectivity index (χ0n) is 32.0. The maximum Gasteiger partial charge on any atom is 0.170 e. The Labute approximate surface area is 316 Å². The van der Waals surface area contributed by atoms with E-state index in [4.69, 9.17) is 9.97 Å². The number of hydrogen-bond acceptors (Lipinski definition) is 10. The number of thiazole rings is 2. The average molecular weight is 733 g/mol. The van der Waals surface area contributed by atoms with Gasteiger partial charge in [-0.05, 0) is 166 Å². The second-order valence-corrected chi connectivity index (χ2v) is 17.4. The predicted molar refractivity (Wildman–Crippen MR) is 216 cm³/mol. The first kappa shape index (κ1) is 36.6. The molecule has 0 saturated carbocycles. The van der Waals surface area contributed by atoms with Crippen molar-refractivity contribution >= 4 is 43.4 Å². The molecule has 2 aliphatic rings. The summed E-state index contributed by atoms with van der Waals surface area (Å²) in [6.45, 7) is 21.4. The van der Waals surface area contributed by atoms with Crippen molar-refractivity contribution in [3.63, 3.8) is 0 Å². The molecular weight excluding hydrogens is 681 g/mol. The summed E-state index contributed by atoms with van der Waals surface area (Å²) in [5.41, 5.74) is 11.4. The van der Waals surface area contributed by atoms with E-state index in [9.17, 15) is 0 Å². The minimum absolute atomic E-state index is 0.313. The van der Waals surface area contributed by atoms with Crippen molar-refractivity contribution in [3.8, 4) is 0 Å². The Bertz CT molecular complexity index is 1980. The monoisotopic (exact) mass is 732 g/mol. The largest absolute Gasteiger partial charge is 0.294 e. The number of aryl methyl sites for hydroxylation is 6. The van der Waals surface area contributed by atoms with Crippen LogP contribution >= 0.6 is 22.7 Å². The molecule has 0 aromatic carbocycles. The van der Waals surface area contributed by atoms with E-state index in [1.54, 1.807) is 22.7 Å². The van der Waals surface area contributed by atoms with Crippen LogP contribution in [0, 0.1) is 41.5 Å². The highest BCUT2D eigenvalue weighted by molar-refractivity contribution is 7.18. The van der Waals surface area contributed by atoms with Gasteiger partial charge in [0.1, 0.15) is 0 Å². The summed E-state index contributed by atoms with van der Waals surface area (Å²) >= 11 is 3.43. The molecule has 0 radical (unpaired) electrons. The van der Waals surface area contributed by atoms with Crippen molar-refractivity contribution in [1.82, 2.24) is 39.7 Å². The Hall–Kier alpha value is -3.70. The molecule has 8 heterocycles. The molecule has 2 saturated heterocycles. The van der Waals surface area contributed by atoms with E-state index in [2.05, 4.69) is 120 Å². The van der Waals surface area contributed by atoms with Crippen molar-refractivity contribution in [2.75, 3.05) is 26.2 Å². The van der Waals surface area contributed by atoms with Gasteiger partial charge >= 0.3 is 0 Å². The van der Waals surface area contributed by atoms with Crippen LogP contribution in [0.25, 0.3) is 20.7 Å². The van der Waals surface area contributed by atoms with Crippen LogP contribution in [0.15, 0.2) is 48.5 Å². The summed E-state index contributed by atoms with van der Waals surface area (Å²) in [5.74, 6) is 1.16. The lowest BCUT2D eigenvalue weighted by atomic mass is 9.89. The summed E-state index contributed by atoms with van der Waals surface area (Å²) in [6, 6.07) is 18.4. The second-order valence-electron chi connectivity index (χ2n) is 15.0. The van der Waals surface area contributed by atoms with Gasteiger partial charge in [-0.1, -0.05) is 0 Å². The third-order valence-corrected chi connectivity index (χ3v) is 12.6. The first-order valence-corrected chi connectivity index (χ1v) is 20.5. The molecule has 6 aromatic heterocycles. The molecular formula is C42H52N8S2. The molecule has 0 spiro atoms. The van der Waals surface area contributed by atoms with E-state index >= 15 is 0 Å². The SMILES string of the molecule is Cc1cc([C@H]2CCCN([C@@H](C)c3ccc4sc(C)nc4n3)C2)cc(C)n1.Cc1cc([C@H]2CCCN([C@H](C)c3ccc4sc(C)nc4n3)C2)cc(C)n1. The fourth-order valence-electron chi connectivity index (χ4n) is 8.19. The molecule has 2 aliphatic heterocycles. The summed E-state index contributed by atoms with van der Waals surface area (Å²) in [7, 11) is 0. The minimum atomic E-state index is 0.313. The molecule has 6 aromatic rings. The van der Waals surface area contributed by atoms with Gasteiger partial charge in [0, 0.05) is 47.9 Å². The van der Waals surface area contributed by atoms with Crippen LogP contribution in [0.3, 0.4) is 0 Å². The summed E-state index contributed by atoms with van der Waals surface area (Å²) in [6.07, 6.45) is 4.97. The molecule has 52 heavy (non-hydrogen) atoms. The van der Waals surface area contributed by atoms with Gasteiger partial charge in [0.15, 0.2) is 11.3 Å². The molecule has 8 nitrogen and oxygen atoms in total. The number of rotatable bonds is 6. The van der Waals surface area contributed by atoms with Crippen molar-refractivity contribution in [3.05, 3.63) is 104 Å². The van der Waals surface area contributed by atoms with Gasteiger partial charge in [0.05, 0.1) is 30.8 Å². The smallest absolute Gasteiger partial charge is 0.170 e. The molecule has 10 heteroatoms. The molecule has 8 rings (SSSR count). The van der Waals surface area contributed by atoms with Crippen molar-refractivity contribution in [2.24, 2.45) is 0 Å². The van der Waals surface area contributed by atoms with Crippen LogP contribution in [-0.2, 0) is 0 Å². The third-order valence-electron chi connectivity index (χ3n) is 10.8. The molecule has 0 bridgehead atoms. The Balaban J connectivity index is 0.000000162. The fraction of sp³-hybridized carbons (Fsp3) is 0.476. The highest BCUT2D eigenvalue weighted by atomic mass is 32.1. The first-order valence-electron chi connectivity index (χ1n) is 18.9. The number of hydrogen-bond donors (Lipinski definition) is 0. The highest BCUT2D eigenvalue weighted by Gasteiger charge is 2.28. The van der Waals surface area contributed by atoms with E-state index in [0.29, 0.717) is 23.9 Å². The maximum absolute atomic E-state index is 4.84.